The second kappa shape index (κ2) is 5.70. The Labute approximate surface area is 138 Å². The smallest absolute Gasteiger partial charge is 0.134 e. The van der Waals surface area contributed by atoms with Gasteiger partial charge in [0.15, 0.2) is 0 Å². The van der Waals surface area contributed by atoms with Crippen molar-refractivity contribution in [3.63, 3.8) is 0 Å². The van der Waals surface area contributed by atoms with Crippen LogP contribution in [-0.2, 0) is 0 Å². The average molecular weight is 324 g/mol. The number of thioether (sulfide) groups is 1. The molecule has 1 atom stereocenters. The normalized spacial score (nSPS) is 16.7. The summed E-state index contributed by atoms with van der Waals surface area (Å²) in [6, 6.07) is 17.5. The predicted octanol–water partition coefficient (Wildman–Crippen LogP) is 4.78. The molecule has 1 aliphatic heterocycles. The van der Waals surface area contributed by atoms with Gasteiger partial charge in [0, 0.05) is 11.1 Å². The Bertz CT molecular complexity index is 858. The van der Waals surface area contributed by atoms with Crippen LogP contribution in [0.4, 0.5) is 0 Å². The van der Waals surface area contributed by atoms with Gasteiger partial charge in [0.25, 0.3) is 0 Å². The highest BCUT2D eigenvalue weighted by molar-refractivity contribution is 7.99. The number of ether oxygens (including phenoxy) is 2. The highest BCUT2D eigenvalue weighted by atomic mass is 32.2. The third kappa shape index (κ3) is 2.59. The molecule has 3 aromatic rings. The molecule has 0 fully saturated rings. The van der Waals surface area contributed by atoms with E-state index in [0.29, 0.717) is 0 Å². The van der Waals surface area contributed by atoms with Crippen LogP contribution in [0.1, 0.15) is 11.7 Å². The van der Waals surface area contributed by atoms with Crippen molar-refractivity contribution < 1.29 is 14.6 Å². The number of methoxy groups -OCH3 is 1. The van der Waals surface area contributed by atoms with Crippen molar-refractivity contribution in [2.75, 3.05) is 12.9 Å². The van der Waals surface area contributed by atoms with Gasteiger partial charge in [0.1, 0.15) is 23.4 Å². The minimum atomic E-state index is 0.0214. The van der Waals surface area contributed by atoms with Crippen molar-refractivity contribution in [1.82, 2.24) is 0 Å². The third-order valence-electron chi connectivity index (χ3n) is 4.06. The second-order valence-corrected chi connectivity index (χ2v) is 6.52. The van der Waals surface area contributed by atoms with Crippen LogP contribution < -0.4 is 9.47 Å². The van der Waals surface area contributed by atoms with E-state index in [1.54, 1.807) is 31.0 Å². The Morgan fingerprint density at radius 2 is 1.87 bits per heavy atom. The van der Waals surface area contributed by atoms with E-state index in [9.17, 15) is 5.11 Å². The van der Waals surface area contributed by atoms with E-state index < -0.39 is 0 Å². The summed E-state index contributed by atoms with van der Waals surface area (Å²) in [6.07, 6.45) is 0.0214. The summed E-state index contributed by atoms with van der Waals surface area (Å²) in [5.41, 5.74) is 1.14. The summed E-state index contributed by atoms with van der Waals surface area (Å²) in [6.45, 7) is 0. The molecular formula is C19H16O3S. The molecule has 4 rings (SSSR count). The van der Waals surface area contributed by atoms with Crippen LogP contribution in [0.3, 0.4) is 0 Å². The second-order valence-electron chi connectivity index (χ2n) is 5.49. The number of aromatic hydroxyl groups is 1. The largest absolute Gasteiger partial charge is 0.508 e. The van der Waals surface area contributed by atoms with E-state index in [-0.39, 0.29) is 11.9 Å². The summed E-state index contributed by atoms with van der Waals surface area (Å²) < 4.78 is 11.4. The molecule has 0 aromatic heterocycles. The fourth-order valence-electron chi connectivity index (χ4n) is 2.83. The predicted molar refractivity (Wildman–Crippen MR) is 92.7 cm³/mol. The molecule has 1 N–H and O–H groups in total. The lowest BCUT2D eigenvalue weighted by molar-refractivity contribution is 0.221. The van der Waals surface area contributed by atoms with Gasteiger partial charge in [-0.1, -0.05) is 24.3 Å². The molecule has 1 aliphatic rings. The maximum atomic E-state index is 9.75. The number of phenolic OH excluding ortho intramolecular Hbond substituents is 1. The first kappa shape index (κ1) is 14.3. The number of hydrogen-bond acceptors (Lipinski definition) is 4. The Morgan fingerprint density at radius 1 is 1.09 bits per heavy atom. The van der Waals surface area contributed by atoms with Crippen LogP contribution in [0.5, 0.6) is 17.2 Å². The van der Waals surface area contributed by atoms with Crippen LogP contribution in [0, 0.1) is 0 Å². The standard InChI is InChI=1S/C19H16O3S/c1-21-15-7-3-13(4-8-15)18-11-23-19-16-10-14(20)6-2-12(16)5-9-17(19)22-18/h2-10,18,20H,11H2,1H3. The molecule has 3 nitrogen and oxygen atoms in total. The fraction of sp³-hybridized carbons (Fsp3) is 0.158. The average Bonchev–Trinajstić information content (AvgIpc) is 2.61. The zero-order valence-electron chi connectivity index (χ0n) is 12.7. The van der Waals surface area contributed by atoms with E-state index >= 15 is 0 Å². The molecule has 0 radical (unpaired) electrons. The van der Waals surface area contributed by atoms with Crippen LogP contribution in [0.25, 0.3) is 10.8 Å². The molecule has 23 heavy (non-hydrogen) atoms. The number of phenols is 1. The van der Waals surface area contributed by atoms with Crippen molar-refractivity contribution in [3.8, 4) is 17.2 Å². The van der Waals surface area contributed by atoms with Crippen LogP contribution in [0.2, 0.25) is 0 Å². The molecule has 116 valence electrons. The molecule has 0 spiro atoms. The number of hydrogen-bond donors (Lipinski definition) is 1. The fourth-order valence-corrected chi connectivity index (χ4v) is 4.00. The molecule has 1 unspecified atom stereocenters. The number of rotatable bonds is 2. The molecule has 0 saturated carbocycles. The monoisotopic (exact) mass is 324 g/mol. The summed E-state index contributed by atoms with van der Waals surface area (Å²) in [5, 5.41) is 11.9. The molecule has 1 heterocycles. The SMILES string of the molecule is COc1ccc(C2CSc3c(ccc4ccc(O)cc34)O2)cc1. The van der Waals surface area contributed by atoms with Crippen LogP contribution >= 0.6 is 11.8 Å². The van der Waals surface area contributed by atoms with Crippen molar-refractivity contribution in [2.45, 2.75) is 11.0 Å². The highest BCUT2D eigenvalue weighted by Gasteiger charge is 2.23. The third-order valence-corrected chi connectivity index (χ3v) is 5.23. The van der Waals surface area contributed by atoms with Crippen molar-refractivity contribution in [1.29, 1.82) is 0 Å². The first-order valence-corrected chi connectivity index (χ1v) is 8.42. The summed E-state index contributed by atoms with van der Waals surface area (Å²) in [5.74, 6) is 2.84. The van der Waals surface area contributed by atoms with Crippen molar-refractivity contribution in [2.24, 2.45) is 0 Å². The minimum Gasteiger partial charge on any atom is -0.508 e. The van der Waals surface area contributed by atoms with E-state index in [0.717, 1.165) is 38.5 Å². The Morgan fingerprint density at radius 3 is 2.65 bits per heavy atom. The van der Waals surface area contributed by atoms with Gasteiger partial charge in [0.2, 0.25) is 0 Å². The minimum absolute atomic E-state index is 0.0214. The van der Waals surface area contributed by atoms with Crippen molar-refractivity contribution in [3.05, 3.63) is 60.2 Å². The van der Waals surface area contributed by atoms with Gasteiger partial charge in [-0.15, -0.1) is 11.8 Å². The van der Waals surface area contributed by atoms with Gasteiger partial charge < -0.3 is 14.6 Å². The molecular weight excluding hydrogens is 308 g/mol. The molecule has 4 heteroatoms. The lowest BCUT2D eigenvalue weighted by atomic mass is 10.1. The number of fused-ring (bicyclic) bond motifs is 3. The summed E-state index contributed by atoms with van der Waals surface area (Å²) >= 11 is 1.77. The van der Waals surface area contributed by atoms with Crippen LogP contribution in [0.15, 0.2) is 59.5 Å². The van der Waals surface area contributed by atoms with Gasteiger partial charge in [0.05, 0.1) is 12.0 Å². The zero-order valence-corrected chi connectivity index (χ0v) is 13.5. The van der Waals surface area contributed by atoms with Gasteiger partial charge >= 0.3 is 0 Å². The quantitative estimate of drug-likeness (QED) is 0.736. The van der Waals surface area contributed by atoms with E-state index in [4.69, 9.17) is 9.47 Å². The summed E-state index contributed by atoms with van der Waals surface area (Å²) in [7, 11) is 1.67. The number of benzene rings is 3. The Kier molecular flexibility index (Phi) is 3.54. The van der Waals surface area contributed by atoms with E-state index in [1.165, 1.54) is 0 Å². The molecule has 0 saturated heterocycles. The van der Waals surface area contributed by atoms with E-state index in [1.807, 2.05) is 42.5 Å². The van der Waals surface area contributed by atoms with Gasteiger partial charge in [-0.2, -0.15) is 0 Å². The van der Waals surface area contributed by atoms with Gasteiger partial charge in [-0.05, 0) is 41.3 Å². The molecule has 0 amide bonds. The van der Waals surface area contributed by atoms with E-state index in [2.05, 4.69) is 0 Å². The topological polar surface area (TPSA) is 38.7 Å². The van der Waals surface area contributed by atoms with Gasteiger partial charge in [-0.3, -0.25) is 0 Å². The highest BCUT2D eigenvalue weighted by Crippen LogP contribution is 2.45. The first-order chi connectivity index (χ1) is 11.2. The molecule has 3 aromatic carbocycles. The maximum absolute atomic E-state index is 9.75. The Balaban J connectivity index is 1.69. The maximum Gasteiger partial charge on any atom is 0.134 e. The lowest BCUT2D eigenvalue weighted by Gasteiger charge is -2.27. The van der Waals surface area contributed by atoms with Crippen LogP contribution in [-0.4, -0.2) is 18.0 Å². The Hall–Kier alpha value is -2.33. The molecule has 0 aliphatic carbocycles. The lowest BCUT2D eigenvalue weighted by Crippen LogP contribution is -2.14. The van der Waals surface area contributed by atoms with Crippen molar-refractivity contribution >= 4 is 22.5 Å². The first-order valence-electron chi connectivity index (χ1n) is 7.44. The zero-order chi connectivity index (χ0) is 15.8. The van der Waals surface area contributed by atoms with Gasteiger partial charge in [-0.25, -0.2) is 0 Å². The summed E-state index contributed by atoms with van der Waals surface area (Å²) in [4.78, 5) is 1.10. The molecule has 0 bridgehead atoms.